The van der Waals surface area contributed by atoms with Crippen molar-refractivity contribution in [3.05, 3.63) is 76.9 Å². The fourth-order valence-electron chi connectivity index (χ4n) is 2.80. The van der Waals surface area contributed by atoms with E-state index < -0.39 is 11.9 Å². The van der Waals surface area contributed by atoms with E-state index >= 15 is 0 Å². The highest BCUT2D eigenvalue weighted by molar-refractivity contribution is 5.94. The first-order valence-electron chi connectivity index (χ1n) is 9.00. The zero-order chi connectivity index (χ0) is 18.8. The summed E-state index contributed by atoms with van der Waals surface area (Å²) in [5, 5.41) is 0. The molecule has 1 N–H and O–H groups in total. The molecule has 0 aliphatic carbocycles. The molecule has 0 radical (unpaired) electrons. The first-order valence-corrected chi connectivity index (χ1v) is 9.00. The van der Waals surface area contributed by atoms with Crippen molar-refractivity contribution in [1.29, 1.82) is 0 Å². The molecule has 0 aromatic heterocycles. The van der Waals surface area contributed by atoms with Crippen LogP contribution in [0.4, 0.5) is 0 Å². The molecule has 26 heavy (non-hydrogen) atoms. The first kappa shape index (κ1) is 19.4. The summed E-state index contributed by atoms with van der Waals surface area (Å²) in [5.74, 6) is -1.07. The van der Waals surface area contributed by atoms with Gasteiger partial charge in [-0.15, -0.1) is 0 Å². The molecule has 2 rings (SSSR count). The molecule has 4 nitrogen and oxygen atoms in total. The fraction of sp³-hybridized carbons (Fsp3) is 0.273. The predicted molar refractivity (Wildman–Crippen MR) is 103 cm³/mol. The number of carbonyl (C=O) groups is 2. The summed E-state index contributed by atoms with van der Waals surface area (Å²) in [7, 11) is 0. The lowest BCUT2D eigenvalue weighted by Gasteiger charge is -2.11. The van der Waals surface area contributed by atoms with Gasteiger partial charge in [-0.05, 0) is 47.7 Å². The molecule has 0 aliphatic heterocycles. The Morgan fingerprint density at radius 3 is 2.38 bits per heavy atom. The topological polar surface area (TPSA) is 55.4 Å². The number of carbonyl (C=O) groups excluding carboxylic acids is 2. The summed E-state index contributed by atoms with van der Waals surface area (Å²) in [5.41, 5.74) is 6.19. The second-order valence-electron chi connectivity index (χ2n) is 6.04. The molecule has 0 saturated heterocycles. The molecular formula is C22H25NO3. The molecule has 0 heterocycles. The quantitative estimate of drug-likeness (QED) is 0.590. The highest BCUT2D eigenvalue weighted by Gasteiger charge is 2.08. The van der Waals surface area contributed by atoms with E-state index in [0.717, 1.165) is 31.2 Å². The number of hydroxylamine groups is 1. The van der Waals surface area contributed by atoms with Gasteiger partial charge in [0.2, 0.25) is 0 Å². The third-order valence-corrected chi connectivity index (χ3v) is 4.00. The molecule has 2 aromatic rings. The van der Waals surface area contributed by atoms with Gasteiger partial charge < -0.3 is 4.84 Å². The predicted octanol–water partition coefficient (Wildman–Crippen LogP) is 4.49. The monoisotopic (exact) mass is 351 g/mol. The third kappa shape index (κ3) is 5.59. The molecule has 0 atom stereocenters. The van der Waals surface area contributed by atoms with Crippen LogP contribution in [-0.2, 0) is 22.5 Å². The second kappa shape index (κ2) is 10.2. The molecular weight excluding hydrogens is 326 g/mol. The molecule has 4 heteroatoms. The molecule has 2 aromatic carbocycles. The van der Waals surface area contributed by atoms with Crippen LogP contribution in [0.3, 0.4) is 0 Å². The number of hydrogen-bond donors (Lipinski definition) is 1. The standard InChI is InChI=1S/C22H25NO3/c1-3-9-17-13-8-14-18(20(17)10-4-2)15-16-21(24)23-26-22(25)19-11-6-5-7-12-19/h5-8,11-16H,3-4,9-10H2,1-2H3,(H,23,24). The Hall–Kier alpha value is -2.88. The number of aryl methyl sites for hydroxylation is 1. The van der Waals surface area contributed by atoms with Gasteiger partial charge in [-0.2, -0.15) is 5.48 Å². The molecule has 1 amide bonds. The van der Waals surface area contributed by atoms with Gasteiger partial charge in [-0.1, -0.05) is 63.1 Å². The molecule has 0 aliphatic rings. The summed E-state index contributed by atoms with van der Waals surface area (Å²) >= 11 is 0. The third-order valence-electron chi connectivity index (χ3n) is 4.00. The Morgan fingerprint density at radius 1 is 0.962 bits per heavy atom. The minimum atomic E-state index is -0.594. The van der Waals surface area contributed by atoms with Crippen molar-refractivity contribution in [1.82, 2.24) is 5.48 Å². The lowest BCUT2D eigenvalue weighted by Crippen LogP contribution is -2.25. The Balaban J connectivity index is 2.01. The van der Waals surface area contributed by atoms with Gasteiger partial charge >= 0.3 is 5.97 Å². The van der Waals surface area contributed by atoms with Crippen LogP contribution in [0.2, 0.25) is 0 Å². The molecule has 0 saturated carbocycles. The second-order valence-corrected chi connectivity index (χ2v) is 6.04. The van der Waals surface area contributed by atoms with Gasteiger partial charge in [0.15, 0.2) is 0 Å². The smallest absolute Gasteiger partial charge is 0.335 e. The van der Waals surface area contributed by atoms with Gasteiger partial charge in [0.05, 0.1) is 5.56 Å². The highest BCUT2D eigenvalue weighted by Crippen LogP contribution is 2.20. The minimum absolute atomic E-state index is 0.384. The molecule has 0 unspecified atom stereocenters. The van der Waals surface area contributed by atoms with Crippen molar-refractivity contribution in [3.63, 3.8) is 0 Å². The van der Waals surface area contributed by atoms with Gasteiger partial charge in [0.1, 0.15) is 0 Å². The summed E-state index contributed by atoms with van der Waals surface area (Å²) in [6.07, 6.45) is 7.29. The summed E-state index contributed by atoms with van der Waals surface area (Å²) < 4.78 is 0. The molecule has 0 spiro atoms. The van der Waals surface area contributed by atoms with E-state index in [0.29, 0.717) is 5.56 Å². The summed E-state index contributed by atoms with van der Waals surface area (Å²) in [6, 6.07) is 14.7. The van der Waals surface area contributed by atoms with Crippen LogP contribution in [0, 0.1) is 0 Å². The number of nitrogens with one attached hydrogen (secondary N) is 1. The Kier molecular flexibility index (Phi) is 7.62. The van der Waals surface area contributed by atoms with E-state index in [1.165, 1.54) is 17.2 Å². The number of hydrogen-bond acceptors (Lipinski definition) is 3. The van der Waals surface area contributed by atoms with E-state index in [4.69, 9.17) is 4.84 Å². The van der Waals surface area contributed by atoms with Crippen LogP contribution in [0.15, 0.2) is 54.6 Å². The van der Waals surface area contributed by atoms with E-state index in [2.05, 4.69) is 25.4 Å². The van der Waals surface area contributed by atoms with E-state index in [1.807, 2.05) is 12.1 Å². The average Bonchev–Trinajstić information content (AvgIpc) is 2.67. The minimum Gasteiger partial charge on any atom is -0.335 e. The van der Waals surface area contributed by atoms with Crippen molar-refractivity contribution in [3.8, 4) is 0 Å². The van der Waals surface area contributed by atoms with Crippen molar-refractivity contribution in [2.75, 3.05) is 0 Å². The zero-order valence-electron chi connectivity index (χ0n) is 15.3. The fourth-order valence-corrected chi connectivity index (χ4v) is 2.80. The SMILES string of the molecule is CCCc1cccc(C=CC(=O)NOC(=O)c2ccccc2)c1CCC. The first-order chi connectivity index (χ1) is 12.7. The lowest BCUT2D eigenvalue weighted by atomic mass is 9.94. The average molecular weight is 351 g/mol. The van der Waals surface area contributed by atoms with Gasteiger partial charge in [-0.3, -0.25) is 4.79 Å². The zero-order valence-corrected chi connectivity index (χ0v) is 15.3. The van der Waals surface area contributed by atoms with Crippen LogP contribution in [0.5, 0.6) is 0 Å². The van der Waals surface area contributed by atoms with Gasteiger partial charge in [0.25, 0.3) is 5.91 Å². The van der Waals surface area contributed by atoms with Crippen molar-refractivity contribution < 1.29 is 14.4 Å². The van der Waals surface area contributed by atoms with Crippen molar-refractivity contribution >= 4 is 18.0 Å². The van der Waals surface area contributed by atoms with Gasteiger partial charge in [0, 0.05) is 6.08 Å². The van der Waals surface area contributed by atoms with Crippen LogP contribution in [0.1, 0.15) is 53.7 Å². The molecule has 136 valence electrons. The maximum atomic E-state index is 12.0. The molecule has 0 fully saturated rings. The van der Waals surface area contributed by atoms with E-state index in [1.54, 1.807) is 36.4 Å². The summed E-state index contributed by atoms with van der Waals surface area (Å²) in [4.78, 5) is 28.6. The Bertz CT molecular complexity index is 766. The van der Waals surface area contributed by atoms with Crippen molar-refractivity contribution in [2.24, 2.45) is 0 Å². The van der Waals surface area contributed by atoms with Crippen LogP contribution in [0.25, 0.3) is 6.08 Å². The normalized spacial score (nSPS) is 10.7. The van der Waals surface area contributed by atoms with Gasteiger partial charge in [-0.25, -0.2) is 4.79 Å². The maximum absolute atomic E-state index is 12.0. The number of benzene rings is 2. The van der Waals surface area contributed by atoms with E-state index in [-0.39, 0.29) is 0 Å². The van der Waals surface area contributed by atoms with Crippen LogP contribution in [-0.4, -0.2) is 11.9 Å². The van der Waals surface area contributed by atoms with E-state index in [9.17, 15) is 9.59 Å². The Labute approximate surface area is 154 Å². The maximum Gasteiger partial charge on any atom is 0.362 e. The Morgan fingerprint density at radius 2 is 1.69 bits per heavy atom. The van der Waals surface area contributed by atoms with Crippen LogP contribution >= 0.6 is 0 Å². The number of amides is 1. The summed E-state index contributed by atoms with van der Waals surface area (Å²) in [6.45, 7) is 4.30. The largest absolute Gasteiger partial charge is 0.362 e. The molecule has 0 bridgehead atoms. The highest BCUT2D eigenvalue weighted by atomic mass is 16.7. The lowest BCUT2D eigenvalue weighted by molar-refractivity contribution is -0.124. The van der Waals surface area contributed by atoms with Crippen molar-refractivity contribution in [2.45, 2.75) is 39.5 Å². The number of rotatable bonds is 7. The van der Waals surface area contributed by atoms with Crippen LogP contribution < -0.4 is 5.48 Å².